The van der Waals surface area contributed by atoms with E-state index in [0.29, 0.717) is 11.5 Å². The third-order valence-corrected chi connectivity index (χ3v) is 5.91. The average Bonchev–Trinajstić information content (AvgIpc) is 3.03. The number of rotatable bonds is 5. The van der Waals surface area contributed by atoms with Crippen LogP contribution in [-0.2, 0) is 19.3 Å². The molecule has 1 saturated carbocycles. The highest BCUT2D eigenvalue weighted by molar-refractivity contribution is 5.35. The Morgan fingerprint density at radius 1 is 1.19 bits per heavy atom. The van der Waals surface area contributed by atoms with Crippen LogP contribution in [0.3, 0.4) is 0 Å². The lowest BCUT2D eigenvalue weighted by atomic mass is 9.75. The fourth-order valence-corrected chi connectivity index (χ4v) is 4.72. The molecular formula is C20H31N. The van der Waals surface area contributed by atoms with E-state index in [1.54, 1.807) is 16.7 Å². The number of likely N-dealkylation sites (N-methyl/N-ethyl adjacent to an activating group) is 1. The number of aryl methyl sites for hydroxylation is 2. The van der Waals surface area contributed by atoms with Crippen molar-refractivity contribution >= 4 is 0 Å². The first-order chi connectivity index (χ1) is 10.1. The van der Waals surface area contributed by atoms with E-state index < -0.39 is 0 Å². The zero-order valence-corrected chi connectivity index (χ0v) is 14.0. The summed E-state index contributed by atoms with van der Waals surface area (Å²) in [6, 6.07) is 7.91. The molecule has 1 N–H and O–H groups in total. The minimum atomic E-state index is 0.504. The molecule has 21 heavy (non-hydrogen) atoms. The molecule has 0 radical (unpaired) electrons. The largest absolute Gasteiger partial charge is 0.314 e. The summed E-state index contributed by atoms with van der Waals surface area (Å²) in [5.74, 6) is 0.825. The van der Waals surface area contributed by atoms with E-state index in [-0.39, 0.29) is 0 Å². The molecule has 116 valence electrons. The zero-order chi connectivity index (χ0) is 14.9. The Morgan fingerprint density at radius 3 is 2.71 bits per heavy atom. The van der Waals surface area contributed by atoms with Gasteiger partial charge in [-0.05, 0) is 73.1 Å². The first kappa shape index (κ1) is 15.1. The van der Waals surface area contributed by atoms with Gasteiger partial charge in [-0.2, -0.15) is 0 Å². The Kier molecular flexibility index (Phi) is 4.40. The van der Waals surface area contributed by atoms with Crippen LogP contribution in [0.25, 0.3) is 0 Å². The van der Waals surface area contributed by atoms with Crippen LogP contribution in [0.5, 0.6) is 0 Å². The summed E-state index contributed by atoms with van der Waals surface area (Å²) in [6.07, 6.45) is 9.34. The SMILES string of the molecule is CCNC(Cc1ccc2c(c1)CCC2)C1CCCC1(C)C. The lowest BCUT2D eigenvalue weighted by Gasteiger charge is -2.35. The standard InChI is InChI=1S/C20H31N/c1-4-21-19(18-9-6-12-20(18,2)3)14-15-10-11-16-7-5-8-17(16)13-15/h10-11,13,18-19,21H,4-9,12,14H2,1-3H3. The van der Waals surface area contributed by atoms with Gasteiger partial charge in [-0.3, -0.25) is 0 Å². The van der Waals surface area contributed by atoms with Gasteiger partial charge in [-0.1, -0.05) is 45.4 Å². The van der Waals surface area contributed by atoms with Crippen LogP contribution in [0.4, 0.5) is 0 Å². The van der Waals surface area contributed by atoms with Crippen LogP contribution in [0, 0.1) is 11.3 Å². The second-order valence-corrected chi connectivity index (χ2v) is 7.81. The molecule has 0 heterocycles. The molecule has 0 aromatic heterocycles. The minimum absolute atomic E-state index is 0.504. The molecule has 1 fully saturated rings. The van der Waals surface area contributed by atoms with E-state index in [9.17, 15) is 0 Å². The molecule has 0 amide bonds. The maximum atomic E-state index is 3.80. The monoisotopic (exact) mass is 285 g/mol. The summed E-state index contributed by atoms with van der Waals surface area (Å²) in [4.78, 5) is 0. The zero-order valence-electron chi connectivity index (χ0n) is 14.0. The van der Waals surface area contributed by atoms with Crippen molar-refractivity contribution in [3.8, 4) is 0 Å². The summed E-state index contributed by atoms with van der Waals surface area (Å²) in [7, 11) is 0. The second kappa shape index (κ2) is 6.12. The van der Waals surface area contributed by atoms with Crippen LogP contribution in [0.15, 0.2) is 18.2 Å². The van der Waals surface area contributed by atoms with Crippen LogP contribution in [0.1, 0.15) is 63.1 Å². The molecule has 2 atom stereocenters. The summed E-state index contributed by atoms with van der Waals surface area (Å²) in [5, 5.41) is 3.80. The fourth-order valence-electron chi connectivity index (χ4n) is 4.72. The topological polar surface area (TPSA) is 12.0 Å². The normalized spacial score (nSPS) is 25.0. The molecule has 3 rings (SSSR count). The van der Waals surface area contributed by atoms with Crippen molar-refractivity contribution in [1.29, 1.82) is 0 Å². The maximum absolute atomic E-state index is 3.80. The maximum Gasteiger partial charge on any atom is 0.0141 e. The second-order valence-electron chi connectivity index (χ2n) is 7.81. The Morgan fingerprint density at radius 2 is 2.00 bits per heavy atom. The average molecular weight is 285 g/mol. The third kappa shape index (κ3) is 3.18. The number of hydrogen-bond acceptors (Lipinski definition) is 1. The molecule has 0 bridgehead atoms. The van der Waals surface area contributed by atoms with E-state index in [1.165, 1.54) is 44.9 Å². The van der Waals surface area contributed by atoms with Gasteiger partial charge in [0, 0.05) is 6.04 Å². The molecule has 0 saturated heterocycles. The van der Waals surface area contributed by atoms with Gasteiger partial charge in [0.2, 0.25) is 0 Å². The van der Waals surface area contributed by atoms with Gasteiger partial charge >= 0.3 is 0 Å². The van der Waals surface area contributed by atoms with Crippen molar-refractivity contribution in [3.05, 3.63) is 34.9 Å². The highest BCUT2D eigenvalue weighted by Crippen LogP contribution is 2.45. The molecule has 1 nitrogen and oxygen atoms in total. The van der Waals surface area contributed by atoms with Crippen molar-refractivity contribution in [2.75, 3.05) is 6.54 Å². The highest BCUT2D eigenvalue weighted by atomic mass is 14.9. The molecule has 1 aromatic rings. The van der Waals surface area contributed by atoms with E-state index in [1.807, 2.05) is 0 Å². The number of hydrogen-bond donors (Lipinski definition) is 1. The Labute approximate surface area is 130 Å². The Balaban J connectivity index is 1.76. The van der Waals surface area contributed by atoms with Gasteiger partial charge in [0.1, 0.15) is 0 Å². The molecule has 2 aliphatic rings. The first-order valence-corrected chi connectivity index (χ1v) is 8.94. The molecule has 1 aromatic carbocycles. The van der Waals surface area contributed by atoms with Crippen molar-refractivity contribution in [3.63, 3.8) is 0 Å². The van der Waals surface area contributed by atoms with Crippen molar-refractivity contribution in [2.45, 2.75) is 71.8 Å². The van der Waals surface area contributed by atoms with Gasteiger partial charge < -0.3 is 5.32 Å². The summed E-state index contributed by atoms with van der Waals surface area (Å²) >= 11 is 0. The lowest BCUT2D eigenvalue weighted by molar-refractivity contribution is 0.197. The van der Waals surface area contributed by atoms with Crippen LogP contribution in [0.2, 0.25) is 0 Å². The number of fused-ring (bicyclic) bond motifs is 1. The summed E-state index contributed by atoms with van der Waals surface area (Å²) in [5.41, 5.74) is 5.27. The fraction of sp³-hybridized carbons (Fsp3) is 0.700. The van der Waals surface area contributed by atoms with E-state index >= 15 is 0 Å². The van der Waals surface area contributed by atoms with Crippen LogP contribution >= 0.6 is 0 Å². The quantitative estimate of drug-likeness (QED) is 0.838. The predicted molar refractivity (Wildman–Crippen MR) is 90.8 cm³/mol. The third-order valence-electron chi connectivity index (χ3n) is 5.91. The lowest BCUT2D eigenvalue weighted by Crippen LogP contribution is -2.42. The summed E-state index contributed by atoms with van der Waals surface area (Å²) < 4.78 is 0. The van der Waals surface area contributed by atoms with Crippen LogP contribution in [-0.4, -0.2) is 12.6 Å². The van der Waals surface area contributed by atoms with E-state index in [0.717, 1.165) is 12.5 Å². The van der Waals surface area contributed by atoms with Crippen molar-refractivity contribution in [1.82, 2.24) is 5.32 Å². The number of nitrogens with one attached hydrogen (secondary N) is 1. The number of benzene rings is 1. The molecule has 0 spiro atoms. The van der Waals surface area contributed by atoms with Gasteiger partial charge in [0.15, 0.2) is 0 Å². The van der Waals surface area contributed by atoms with Gasteiger partial charge in [-0.15, -0.1) is 0 Å². The predicted octanol–water partition coefficient (Wildman–Crippen LogP) is 4.52. The van der Waals surface area contributed by atoms with Gasteiger partial charge in [-0.25, -0.2) is 0 Å². The molecule has 2 unspecified atom stereocenters. The first-order valence-electron chi connectivity index (χ1n) is 8.94. The highest BCUT2D eigenvalue weighted by Gasteiger charge is 2.39. The molecule has 2 aliphatic carbocycles. The molecule has 0 aliphatic heterocycles. The Hall–Kier alpha value is -0.820. The van der Waals surface area contributed by atoms with Crippen molar-refractivity contribution < 1.29 is 0 Å². The van der Waals surface area contributed by atoms with E-state index in [2.05, 4.69) is 44.3 Å². The van der Waals surface area contributed by atoms with Crippen LogP contribution < -0.4 is 5.32 Å². The summed E-state index contributed by atoms with van der Waals surface area (Å²) in [6.45, 7) is 8.27. The Bertz CT molecular complexity index is 489. The van der Waals surface area contributed by atoms with Gasteiger partial charge in [0.05, 0.1) is 0 Å². The smallest absolute Gasteiger partial charge is 0.0141 e. The van der Waals surface area contributed by atoms with Crippen molar-refractivity contribution in [2.24, 2.45) is 11.3 Å². The van der Waals surface area contributed by atoms with Gasteiger partial charge in [0.25, 0.3) is 0 Å². The van der Waals surface area contributed by atoms with E-state index in [4.69, 9.17) is 0 Å². The minimum Gasteiger partial charge on any atom is -0.314 e. The molecule has 1 heteroatoms. The molecular weight excluding hydrogens is 254 g/mol.